The van der Waals surface area contributed by atoms with Crippen LogP contribution in [0.3, 0.4) is 0 Å². The Morgan fingerprint density at radius 2 is 2.62 bits per heavy atom. The summed E-state index contributed by atoms with van der Waals surface area (Å²) < 4.78 is 4.82. The molecule has 8 heavy (non-hydrogen) atoms. The summed E-state index contributed by atoms with van der Waals surface area (Å²) in [5.74, 6) is 0. The molecule has 44 valence electrons. The lowest BCUT2D eigenvalue weighted by Crippen LogP contribution is -1.72. The van der Waals surface area contributed by atoms with Gasteiger partial charge in [-0.3, -0.25) is 0 Å². The Labute approximate surface area is 57.5 Å². The van der Waals surface area contributed by atoms with Crippen LogP contribution in [-0.2, 0) is 6.42 Å². The minimum atomic E-state index is 0.779. The van der Waals surface area contributed by atoms with Gasteiger partial charge in [-0.25, -0.2) is 0 Å². The van der Waals surface area contributed by atoms with Gasteiger partial charge in [0.15, 0.2) is 0 Å². The van der Waals surface area contributed by atoms with E-state index in [1.54, 1.807) is 0 Å². The van der Waals surface area contributed by atoms with Gasteiger partial charge in [-0.2, -0.15) is 4.37 Å². The Hall–Kier alpha value is -0.0800. The maximum atomic E-state index is 5.60. The summed E-state index contributed by atoms with van der Waals surface area (Å²) in [4.78, 5) is 0. The highest BCUT2D eigenvalue weighted by atomic mass is 35.5. The summed E-state index contributed by atoms with van der Waals surface area (Å²) >= 11 is 6.94. The lowest BCUT2D eigenvalue weighted by molar-refractivity contribution is 1.09. The number of aromatic nitrogens is 1. The van der Waals surface area contributed by atoms with Crippen molar-refractivity contribution in [1.82, 2.24) is 4.37 Å². The van der Waals surface area contributed by atoms with E-state index >= 15 is 0 Å². The predicted octanol–water partition coefficient (Wildman–Crippen LogP) is 2.36. The van der Waals surface area contributed by atoms with Crippen LogP contribution >= 0.6 is 23.1 Å². The summed E-state index contributed by atoms with van der Waals surface area (Å²) in [6, 6.07) is 1.90. The fourth-order valence-electron chi connectivity index (χ4n) is 0.453. The van der Waals surface area contributed by atoms with Crippen LogP contribution in [0.25, 0.3) is 0 Å². The Balaban J connectivity index is 2.84. The molecule has 0 radical (unpaired) electrons. The van der Waals surface area contributed by atoms with Crippen LogP contribution < -0.4 is 0 Å². The lowest BCUT2D eigenvalue weighted by atomic mass is 10.4. The normalized spacial score (nSPS) is 9.75. The van der Waals surface area contributed by atoms with Gasteiger partial charge in [0.25, 0.3) is 0 Å². The van der Waals surface area contributed by atoms with Crippen molar-refractivity contribution in [3.63, 3.8) is 0 Å². The first-order chi connectivity index (χ1) is 3.83. The quantitative estimate of drug-likeness (QED) is 0.595. The molecule has 1 nitrogen and oxygen atoms in total. The summed E-state index contributed by atoms with van der Waals surface area (Å²) in [7, 11) is 0. The lowest BCUT2D eigenvalue weighted by Gasteiger charge is -1.77. The maximum absolute atomic E-state index is 5.60. The van der Waals surface area contributed by atoms with Crippen molar-refractivity contribution >= 4 is 23.1 Å². The van der Waals surface area contributed by atoms with Gasteiger partial charge in [-0.15, -0.1) is 0 Å². The second-order valence-corrected chi connectivity index (χ2v) is 2.91. The molecule has 0 aromatic carbocycles. The standard InChI is InChI=1S/C5H6ClNS/c1-2-4-3-5(6)8-7-4/h3H,2H2,1H3. The number of halogens is 1. The third-order valence-electron chi connectivity index (χ3n) is 0.892. The van der Waals surface area contributed by atoms with Gasteiger partial charge in [-0.1, -0.05) is 18.5 Å². The van der Waals surface area contributed by atoms with Crippen molar-refractivity contribution in [2.45, 2.75) is 13.3 Å². The van der Waals surface area contributed by atoms with Crippen LogP contribution in [0, 0.1) is 0 Å². The van der Waals surface area contributed by atoms with Crippen molar-refractivity contribution < 1.29 is 0 Å². The van der Waals surface area contributed by atoms with Crippen LogP contribution in [0.15, 0.2) is 6.07 Å². The zero-order valence-corrected chi connectivity index (χ0v) is 6.09. The number of nitrogens with zero attached hydrogens (tertiary/aromatic N) is 1. The third kappa shape index (κ3) is 1.20. The predicted molar refractivity (Wildman–Crippen MR) is 36.5 cm³/mol. The fourth-order valence-corrected chi connectivity index (χ4v) is 1.26. The molecule has 0 aliphatic heterocycles. The Bertz CT molecular complexity index is 173. The summed E-state index contributed by atoms with van der Waals surface area (Å²) in [5, 5.41) is 0. The summed E-state index contributed by atoms with van der Waals surface area (Å²) in [6.07, 6.45) is 0.975. The van der Waals surface area contributed by atoms with Crippen LogP contribution in [0.1, 0.15) is 12.6 Å². The van der Waals surface area contributed by atoms with E-state index in [1.165, 1.54) is 11.5 Å². The van der Waals surface area contributed by atoms with E-state index in [0.29, 0.717) is 0 Å². The molecule has 0 spiro atoms. The molecule has 0 unspecified atom stereocenters. The number of hydrogen-bond donors (Lipinski definition) is 0. The summed E-state index contributed by atoms with van der Waals surface area (Å²) in [6.45, 7) is 2.06. The van der Waals surface area contributed by atoms with Gasteiger partial charge in [0.05, 0.1) is 5.69 Å². The average Bonchev–Trinajstić information content (AvgIpc) is 2.14. The van der Waals surface area contributed by atoms with Gasteiger partial charge < -0.3 is 0 Å². The topological polar surface area (TPSA) is 12.9 Å². The van der Waals surface area contributed by atoms with Crippen LogP contribution in [-0.4, -0.2) is 4.37 Å². The molecule has 1 heterocycles. The van der Waals surface area contributed by atoms with Gasteiger partial charge in [0.2, 0.25) is 0 Å². The molecule has 0 atom stereocenters. The molecule has 0 aliphatic rings. The van der Waals surface area contributed by atoms with Gasteiger partial charge in [0.1, 0.15) is 4.34 Å². The van der Waals surface area contributed by atoms with Crippen molar-refractivity contribution in [3.8, 4) is 0 Å². The van der Waals surface area contributed by atoms with Crippen molar-refractivity contribution in [1.29, 1.82) is 0 Å². The van der Waals surface area contributed by atoms with Crippen molar-refractivity contribution in [3.05, 3.63) is 16.1 Å². The van der Waals surface area contributed by atoms with Gasteiger partial charge in [0, 0.05) is 0 Å². The first-order valence-electron chi connectivity index (χ1n) is 2.44. The Morgan fingerprint density at radius 3 is 2.88 bits per heavy atom. The van der Waals surface area contributed by atoms with Crippen molar-refractivity contribution in [2.24, 2.45) is 0 Å². The SMILES string of the molecule is CCc1cc(Cl)sn1. The van der Waals surface area contributed by atoms with Crippen LogP contribution in [0.2, 0.25) is 4.34 Å². The van der Waals surface area contributed by atoms with Gasteiger partial charge >= 0.3 is 0 Å². The molecule has 3 heteroatoms. The van der Waals surface area contributed by atoms with E-state index in [0.717, 1.165) is 16.5 Å². The van der Waals surface area contributed by atoms with Crippen molar-refractivity contribution in [2.75, 3.05) is 0 Å². The van der Waals surface area contributed by atoms with Crippen LogP contribution in [0.5, 0.6) is 0 Å². The maximum Gasteiger partial charge on any atom is 0.114 e. The number of rotatable bonds is 1. The van der Waals surface area contributed by atoms with E-state index in [4.69, 9.17) is 11.6 Å². The van der Waals surface area contributed by atoms with E-state index in [1.807, 2.05) is 6.07 Å². The Kier molecular flexibility index (Phi) is 1.86. The first kappa shape index (κ1) is 6.05. The smallest absolute Gasteiger partial charge is 0.114 e. The van der Waals surface area contributed by atoms with Gasteiger partial charge in [-0.05, 0) is 24.0 Å². The third-order valence-corrected chi connectivity index (χ3v) is 1.83. The summed E-state index contributed by atoms with van der Waals surface area (Å²) in [5.41, 5.74) is 1.08. The molecule has 0 aliphatic carbocycles. The monoisotopic (exact) mass is 147 g/mol. The van der Waals surface area contributed by atoms with E-state index < -0.39 is 0 Å². The zero-order valence-electron chi connectivity index (χ0n) is 4.52. The molecule has 1 aromatic rings. The first-order valence-corrected chi connectivity index (χ1v) is 3.59. The Morgan fingerprint density at radius 1 is 1.88 bits per heavy atom. The molecule has 0 saturated heterocycles. The highest BCUT2D eigenvalue weighted by Crippen LogP contribution is 2.15. The second-order valence-electron chi connectivity index (χ2n) is 1.48. The minimum Gasteiger partial charge on any atom is -0.196 e. The molecule has 0 N–H and O–H groups in total. The zero-order chi connectivity index (χ0) is 5.98. The molecular formula is C5H6ClNS. The fraction of sp³-hybridized carbons (Fsp3) is 0.400. The highest BCUT2D eigenvalue weighted by Gasteiger charge is 1.93. The molecule has 0 saturated carbocycles. The second kappa shape index (κ2) is 2.46. The van der Waals surface area contributed by atoms with Crippen LogP contribution in [0.4, 0.5) is 0 Å². The number of aryl methyl sites for hydroxylation is 1. The molecule has 0 amide bonds. The molecule has 0 fully saturated rings. The minimum absolute atomic E-state index is 0.779. The van der Waals surface area contributed by atoms with E-state index in [-0.39, 0.29) is 0 Å². The number of hydrogen-bond acceptors (Lipinski definition) is 2. The average molecular weight is 148 g/mol. The highest BCUT2D eigenvalue weighted by molar-refractivity contribution is 7.10. The largest absolute Gasteiger partial charge is 0.196 e. The molecule has 0 bridgehead atoms. The van der Waals surface area contributed by atoms with E-state index in [9.17, 15) is 0 Å². The van der Waals surface area contributed by atoms with E-state index in [2.05, 4.69) is 11.3 Å². The molecular weight excluding hydrogens is 142 g/mol. The molecule has 1 aromatic heterocycles. The molecule has 1 rings (SSSR count).